The van der Waals surface area contributed by atoms with Gasteiger partial charge < -0.3 is 29.2 Å². The summed E-state index contributed by atoms with van der Waals surface area (Å²) in [4.78, 5) is 68.7. The average molecular weight is 827 g/mol. The Balaban J connectivity index is 1.31. The number of esters is 1. The number of benzene rings is 1. The number of aryl methyl sites for hydroxylation is 1. The smallest absolute Gasteiger partial charge is 0.324 e. The molecular weight excluding hydrogens is 769 g/mol. The number of likely N-dealkylation sites (tertiary alicyclic amines) is 1. The Bertz CT molecular complexity index is 2210. The SMILES string of the molecule is CCn1c(-c2cccnc2[C@H](C)OC)c2c3cc(ccc31)-c1csc(n1)C[C@H](NC(=O)[C@H](C(C)C)N(C)C(=O)N1CCC1)C(=O)N1CCC[C@H](N1)C(=O)OCC(C)(C)C2. The number of urea groups is 1. The van der Waals surface area contributed by atoms with Gasteiger partial charge in [-0.3, -0.25) is 24.4 Å². The van der Waals surface area contributed by atoms with E-state index in [1.54, 1.807) is 25.3 Å². The van der Waals surface area contributed by atoms with Crippen molar-refractivity contribution in [2.24, 2.45) is 11.3 Å². The van der Waals surface area contributed by atoms with Crippen molar-refractivity contribution >= 4 is 46.1 Å². The van der Waals surface area contributed by atoms with E-state index in [2.05, 4.69) is 60.3 Å². The van der Waals surface area contributed by atoms with Crippen LogP contribution in [0.5, 0.6) is 0 Å². The molecule has 0 radical (unpaired) electrons. The first-order chi connectivity index (χ1) is 28.2. The molecule has 4 aromatic rings. The molecule has 59 heavy (non-hydrogen) atoms. The molecule has 2 fully saturated rings. The fraction of sp³-hybridized carbons (Fsp3) is 0.545. The summed E-state index contributed by atoms with van der Waals surface area (Å²) >= 11 is 1.43. The molecule has 0 saturated carbocycles. The maximum absolute atomic E-state index is 14.4. The topological polar surface area (TPSA) is 151 Å². The Morgan fingerprint density at radius 2 is 1.92 bits per heavy atom. The van der Waals surface area contributed by atoms with Gasteiger partial charge in [-0.1, -0.05) is 33.8 Å². The van der Waals surface area contributed by atoms with Crippen LogP contribution in [0.4, 0.5) is 4.79 Å². The van der Waals surface area contributed by atoms with Gasteiger partial charge >= 0.3 is 12.0 Å². The summed E-state index contributed by atoms with van der Waals surface area (Å²) in [6.07, 6.45) is 4.27. The molecule has 2 N–H and O–H groups in total. The first-order valence-corrected chi connectivity index (χ1v) is 21.7. The van der Waals surface area contributed by atoms with Gasteiger partial charge in [0.1, 0.15) is 18.1 Å². The van der Waals surface area contributed by atoms with E-state index in [0.29, 0.717) is 50.4 Å². The monoisotopic (exact) mass is 826 g/mol. The highest BCUT2D eigenvalue weighted by Crippen LogP contribution is 2.42. The van der Waals surface area contributed by atoms with E-state index in [1.165, 1.54) is 21.2 Å². The largest absolute Gasteiger partial charge is 0.464 e. The van der Waals surface area contributed by atoms with Crippen LogP contribution < -0.4 is 10.7 Å². The highest BCUT2D eigenvalue weighted by Gasteiger charge is 2.39. The normalized spacial score (nSPS) is 20.8. The molecule has 3 aliphatic heterocycles. The first-order valence-electron chi connectivity index (χ1n) is 20.9. The molecule has 4 amide bonds. The Morgan fingerprint density at radius 3 is 2.61 bits per heavy atom. The summed E-state index contributed by atoms with van der Waals surface area (Å²) in [6, 6.07) is 7.67. The molecule has 4 atom stereocenters. The van der Waals surface area contributed by atoms with E-state index in [-0.39, 0.29) is 37.0 Å². The number of hydrazine groups is 1. The lowest BCUT2D eigenvalue weighted by Crippen LogP contribution is -2.62. The zero-order valence-corrected chi connectivity index (χ0v) is 36.4. The molecule has 0 spiro atoms. The van der Waals surface area contributed by atoms with Crippen molar-refractivity contribution in [3.63, 3.8) is 0 Å². The number of hydrogen-bond acceptors (Lipinski definition) is 10. The summed E-state index contributed by atoms with van der Waals surface area (Å²) in [6.45, 7) is 14.7. The van der Waals surface area contributed by atoms with Gasteiger partial charge in [-0.25, -0.2) is 15.2 Å². The number of methoxy groups -OCH3 is 1. The quantitative estimate of drug-likeness (QED) is 0.205. The lowest BCUT2D eigenvalue weighted by atomic mass is 9.84. The number of carbonyl (C=O) groups is 4. The van der Waals surface area contributed by atoms with Gasteiger partial charge in [0.2, 0.25) is 5.91 Å². The minimum Gasteiger partial charge on any atom is -0.464 e. The van der Waals surface area contributed by atoms with Crippen LogP contribution >= 0.6 is 11.3 Å². The number of amides is 4. The van der Waals surface area contributed by atoms with Crippen molar-refractivity contribution in [1.82, 2.24) is 40.1 Å². The maximum Gasteiger partial charge on any atom is 0.324 e. The number of ether oxygens (including phenoxy) is 2. The second kappa shape index (κ2) is 17.4. The molecule has 6 heterocycles. The molecular formula is C44H58N8O6S. The van der Waals surface area contributed by atoms with Crippen molar-refractivity contribution < 1.29 is 28.7 Å². The molecule has 7 rings (SSSR count). The van der Waals surface area contributed by atoms with Crippen LogP contribution in [0.3, 0.4) is 0 Å². The molecule has 14 nitrogen and oxygen atoms in total. The van der Waals surface area contributed by atoms with Crippen molar-refractivity contribution in [3.05, 3.63) is 58.2 Å². The molecule has 3 aromatic heterocycles. The van der Waals surface area contributed by atoms with Crippen molar-refractivity contribution in [3.8, 4) is 22.5 Å². The Labute approximate surface area is 350 Å². The van der Waals surface area contributed by atoms with Crippen LogP contribution in [0, 0.1) is 11.3 Å². The molecule has 2 saturated heterocycles. The maximum atomic E-state index is 14.4. The van der Waals surface area contributed by atoms with E-state index in [0.717, 1.165) is 51.1 Å². The number of nitrogens with zero attached hydrogens (tertiary/aromatic N) is 6. The van der Waals surface area contributed by atoms with E-state index in [9.17, 15) is 19.2 Å². The van der Waals surface area contributed by atoms with Crippen molar-refractivity contribution in [2.45, 2.75) is 104 Å². The molecule has 3 aliphatic rings. The average Bonchev–Trinajstić information content (AvgIpc) is 3.79. The standard InChI is InChI=1S/C44H58N8O6S/c1-9-51-35-16-15-28-21-30(35)31(39(51)29-13-10-17-45-37(29)27(4)57-8)23-44(5,6)25-58-42(55)32-14-11-20-52(48-32)41(54)33(22-36-46-34(28)24-59-36)47-40(53)38(26(2)3)49(7)43(56)50-18-12-19-50/h10,13,15-17,21,24,26-27,32-33,38,48H,9,11-12,14,18-20,22-23,25H2,1-8H3,(H,47,53)/t27-,32-,33-,38-/m0/s1. The van der Waals surface area contributed by atoms with Crippen LogP contribution in [-0.4, -0.2) is 112 Å². The van der Waals surface area contributed by atoms with Crippen LogP contribution in [0.2, 0.25) is 0 Å². The Hall–Kier alpha value is -4.86. The number of carbonyl (C=O) groups excluding carboxylic acids is 4. The molecule has 1 aromatic carbocycles. The number of cyclic esters (lactones) is 1. The second-order valence-electron chi connectivity index (χ2n) is 17.2. The van der Waals surface area contributed by atoms with Gasteiger partial charge in [0, 0.05) is 85.8 Å². The van der Waals surface area contributed by atoms with Crippen LogP contribution in [-0.2, 0) is 43.2 Å². The van der Waals surface area contributed by atoms with E-state index < -0.39 is 35.4 Å². The van der Waals surface area contributed by atoms with Gasteiger partial charge in [-0.05, 0) is 75.3 Å². The first kappa shape index (κ1) is 42.3. The van der Waals surface area contributed by atoms with Crippen molar-refractivity contribution in [2.75, 3.05) is 40.4 Å². The molecule has 316 valence electrons. The minimum atomic E-state index is -1.02. The highest BCUT2D eigenvalue weighted by atomic mass is 32.1. The zero-order chi connectivity index (χ0) is 42.2. The lowest BCUT2D eigenvalue weighted by Gasteiger charge is -2.39. The predicted octanol–water partition coefficient (Wildman–Crippen LogP) is 5.98. The fourth-order valence-electron chi connectivity index (χ4n) is 8.60. The van der Waals surface area contributed by atoms with E-state index >= 15 is 0 Å². The third-order valence-corrected chi connectivity index (χ3v) is 12.8. The summed E-state index contributed by atoms with van der Waals surface area (Å²) in [5.41, 5.74) is 9.41. The van der Waals surface area contributed by atoms with Crippen molar-refractivity contribution in [1.29, 1.82) is 0 Å². The van der Waals surface area contributed by atoms with Gasteiger partial charge in [0.25, 0.3) is 5.91 Å². The van der Waals surface area contributed by atoms with E-state index in [4.69, 9.17) is 19.4 Å². The summed E-state index contributed by atoms with van der Waals surface area (Å²) in [5.74, 6) is -1.46. The molecule has 0 unspecified atom stereocenters. The number of thiazole rings is 1. The summed E-state index contributed by atoms with van der Waals surface area (Å²) in [5, 5.41) is 8.19. The number of fused-ring (bicyclic) bond motifs is 6. The van der Waals surface area contributed by atoms with Gasteiger partial charge in [0.15, 0.2) is 0 Å². The molecule has 0 aliphatic carbocycles. The number of likely N-dealkylation sites (N-methyl/N-ethyl adjacent to an activating group) is 1. The third kappa shape index (κ3) is 8.60. The Morgan fingerprint density at radius 1 is 1.14 bits per heavy atom. The van der Waals surface area contributed by atoms with Crippen LogP contribution in [0.1, 0.15) is 83.2 Å². The van der Waals surface area contributed by atoms with Crippen LogP contribution in [0.15, 0.2) is 41.9 Å². The summed E-state index contributed by atoms with van der Waals surface area (Å²) < 4.78 is 14.2. The number of rotatable bonds is 8. The summed E-state index contributed by atoms with van der Waals surface area (Å²) in [7, 11) is 3.33. The number of nitrogens with one attached hydrogen (secondary N) is 2. The Kier molecular flexibility index (Phi) is 12.5. The predicted molar refractivity (Wildman–Crippen MR) is 227 cm³/mol. The lowest BCUT2D eigenvalue weighted by molar-refractivity contribution is -0.155. The van der Waals surface area contributed by atoms with Gasteiger partial charge in [-0.2, -0.15) is 0 Å². The third-order valence-electron chi connectivity index (χ3n) is 11.9. The fourth-order valence-corrected chi connectivity index (χ4v) is 9.45. The minimum absolute atomic E-state index is 0.122. The van der Waals surface area contributed by atoms with Gasteiger partial charge in [0.05, 0.1) is 34.8 Å². The second-order valence-corrected chi connectivity index (χ2v) is 18.1. The van der Waals surface area contributed by atoms with E-state index in [1.807, 2.05) is 32.2 Å². The molecule has 15 heteroatoms. The molecule has 6 bridgehead atoms. The van der Waals surface area contributed by atoms with Crippen LogP contribution in [0.25, 0.3) is 33.4 Å². The number of aromatic nitrogens is 3. The number of hydrogen-bond donors (Lipinski definition) is 2. The number of pyridine rings is 1. The zero-order valence-electron chi connectivity index (χ0n) is 35.5. The van der Waals surface area contributed by atoms with Gasteiger partial charge in [-0.15, -0.1) is 11.3 Å². The highest BCUT2D eigenvalue weighted by molar-refractivity contribution is 7.10.